The Hall–Kier alpha value is -0.480. The van der Waals surface area contributed by atoms with Gasteiger partial charge in [0, 0.05) is 17.4 Å². The van der Waals surface area contributed by atoms with Crippen molar-refractivity contribution in [2.45, 2.75) is 25.9 Å². The van der Waals surface area contributed by atoms with Gasteiger partial charge in [-0.1, -0.05) is 35.8 Å². The average molecular weight is 292 g/mol. The molecule has 1 atom stereocenters. The predicted molar refractivity (Wildman–Crippen MR) is 65.5 cm³/mol. The molecule has 0 aliphatic rings. The lowest BCUT2D eigenvalue weighted by Crippen LogP contribution is -2.40. The Morgan fingerprint density at radius 3 is 2.50 bits per heavy atom. The molecule has 0 saturated heterocycles. The first-order valence-electron chi connectivity index (χ1n) is 5.22. The molecular weight excluding hydrogens is 276 g/mol. The quantitative estimate of drug-likeness (QED) is 0.903. The summed E-state index contributed by atoms with van der Waals surface area (Å²) in [5.41, 5.74) is 4.25. The molecule has 0 aromatic heterocycles. The third-order valence-corrected chi connectivity index (χ3v) is 3.37. The summed E-state index contributed by atoms with van der Waals surface area (Å²) >= 11 is 3.16. The highest BCUT2D eigenvalue weighted by molar-refractivity contribution is 9.10. The van der Waals surface area contributed by atoms with Gasteiger partial charge in [0.15, 0.2) is 0 Å². The summed E-state index contributed by atoms with van der Waals surface area (Å²) in [5, 5.41) is 0. The van der Waals surface area contributed by atoms with Gasteiger partial charge in [-0.25, -0.2) is 8.78 Å². The molecule has 16 heavy (non-hydrogen) atoms. The van der Waals surface area contributed by atoms with Gasteiger partial charge in [-0.2, -0.15) is 0 Å². The first-order chi connectivity index (χ1) is 7.39. The summed E-state index contributed by atoms with van der Waals surface area (Å²) in [4.78, 5) is 0. The van der Waals surface area contributed by atoms with E-state index in [0.717, 1.165) is 0 Å². The molecule has 0 saturated carbocycles. The van der Waals surface area contributed by atoms with Gasteiger partial charge in [-0.05, 0) is 23.6 Å². The Morgan fingerprint density at radius 2 is 2.06 bits per heavy atom. The van der Waals surface area contributed by atoms with Crippen LogP contribution in [0.4, 0.5) is 8.78 Å². The van der Waals surface area contributed by atoms with E-state index in [1.54, 1.807) is 26.0 Å². The van der Waals surface area contributed by atoms with Crippen molar-refractivity contribution in [1.29, 1.82) is 0 Å². The number of hydrogen-bond donors (Lipinski definition) is 1. The summed E-state index contributed by atoms with van der Waals surface area (Å²) < 4.78 is 28.5. The number of nitrogens with two attached hydrogens (primary N) is 1. The van der Waals surface area contributed by atoms with E-state index in [1.807, 2.05) is 0 Å². The predicted octanol–water partition coefficient (Wildman–Crippen LogP) is 3.45. The van der Waals surface area contributed by atoms with E-state index in [2.05, 4.69) is 15.9 Å². The van der Waals surface area contributed by atoms with Crippen LogP contribution in [0, 0.1) is 11.7 Å². The number of hydrogen-bond acceptors (Lipinski definition) is 1. The van der Waals surface area contributed by atoms with Crippen LogP contribution in [0.3, 0.4) is 0 Å². The molecule has 0 aliphatic heterocycles. The maximum Gasteiger partial charge on any atom is 0.129 e. The van der Waals surface area contributed by atoms with Gasteiger partial charge in [0.2, 0.25) is 0 Å². The van der Waals surface area contributed by atoms with Crippen molar-refractivity contribution in [3.63, 3.8) is 0 Å². The van der Waals surface area contributed by atoms with Crippen LogP contribution >= 0.6 is 15.9 Å². The molecule has 1 aromatic rings. The number of rotatable bonds is 4. The van der Waals surface area contributed by atoms with Crippen molar-refractivity contribution in [2.75, 3.05) is 6.54 Å². The topological polar surface area (TPSA) is 26.0 Å². The van der Waals surface area contributed by atoms with Crippen LogP contribution < -0.4 is 5.73 Å². The van der Waals surface area contributed by atoms with E-state index in [1.165, 1.54) is 6.07 Å². The summed E-state index contributed by atoms with van der Waals surface area (Å²) in [6.45, 7) is 3.41. The summed E-state index contributed by atoms with van der Waals surface area (Å²) in [7, 11) is 0. The molecule has 0 spiro atoms. The molecule has 1 unspecified atom stereocenters. The van der Waals surface area contributed by atoms with Crippen LogP contribution in [0.1, 0.15) is 19.4 Å². The van der Waals surface area contributed by atoms with Gasteiger partial charge in [0.05, 0.1) is 0 Å². The lowest BCUT2D eigenvalue weighted by Gasteiger charge is -2.28. The zero-order valence-electron chi connectivity index (χ0n) is 9.43. The minimum Gasteiger partial charge on any atom is -0.328 e. The minimum atomic E-state index is -1.55. The maximum absolute atomic E-state index is 14.3. The highest BCUT2D eigenvalue weighted by atomic mass is 79.9. The molecule has 0 amide bonds. The summed E-state index contributed by atoms with van der Waals surface area (Å²) in [6.07, 6.45) is 0.0142. The van der Waals surface area contributed by atoms with Crippen LogP contribution in [0.15, 0.2) is 22.7 Å². The Bertz CT molecular complexity index is 368. The van der Waals surface area contributed by atoms with Crippen molar-refractivity contribution in [2.24, 2.45) is 11.7 Å². The van der Waals surface area contributed by atoms with E-state index >= 15 is 0 Å². The Balaban J connectivity index is 2.95. The molecule has 0 bridgehead atoms. The van der Waals surface area contributed by atoms with Gasteiger partial charge in [0.1, 0.15) is 11.5 Å². The fourth-order valence-electron chi connectivity index (χ4n) is 1.49. The molecule has 0 aliphatic carbocycles. The molecule has 1 aromatic carbocycles. The van der Waals surface area contributed by atoms with Crippen molar-refractivity contribution >= 4 is 15.9 Å². The van der Waals surface area contributed by atoms with E-state index in [-0.39, 0.29) is 18.9 Å². The zero-order chi connectivity index (χ0) is 12.3. The first kappa shape index (κ1) is 13.6. The standard InChI is InChI=1S/C12H16BrF2N/c1-8(2)12(15,7-16)6-9-3-4-10(13)5-11(9)14/h3-5,8H,6-7,16H2,1-2H3. The van der Waals surface area contributed by atoms with Gasteiger partial charge >= 0.3 is 0 Å². The molecule has 2 N–H and O–H groups in total. The van der Waals surface area contributed by atoms with E-state index in [4.69, 9.17) is 5.73 Å². The van der Waals surface area contributed by atoms with E-state index in [0.29, 0.717) is 10.0 Å². The summed E-state index contributed by atoms with van der Waals surface area (Å²) in [5.74, 6) is -0.633. The normalized spacial score (nSPS) is 15.2. The van der Waals surface area contributed by atoms with Crippen LogP contribution in [0.2, 0.25) is 0 Å². The largest absolute Gasteiger partial charge is 0.328 e. The highest BCUT2D eigenvalue weighted by Gasteiger charge is 2.33. The fraction of sp³-hybridized carbons (Fsp3) is 0.500. The highest BCUT2D eigenvalue weighted by Crippen LogP contribution is 2.27. The van der Waals surface area contributed by atoms with Gasteiger partial charge in [-0.3, -0.25) is 0 Å². The third kappa shape index (κ3) is 3.01. The molecule has 1 rings (SSSR count). The molecule has 4 heteroatoms. The Labute approximate surface area is 103 Å². The molecule has 1 nitrogen and oxygen atoms in total. The van der Waals surface area contributed by atoms with E-state index in [9.17, 15) is 8.78 Å². The van der Waals surface area contributed by atoms with Crippen molar-refractivity contribution in [3.05, 3.63) is 34.1 Å². The molecule has 0 heterocycles. The molecular formula is C12H16BrF2N. The molecule has 0 radical (unpaired) electrons. The van der Waals surface area contributed by atoms with Crippen molar-refractivity contribution in [1.82, 2.24) is 0 Å². The van der Waals surface area contributed by atoms with Crippen LogP contribution in [-0.4, -0.2) is 12.2 Å². The second-order valence-corrected chi connectivity index (χ2v) is 5.22. The first-order valence-corrected chi connectivity index (χ1v) is 6.01. The monoisotopic (exact) mass is 291 g/mol. The number of halogens is 3. The third-order valence-electron chi connectivity index (χ3n) is 2.87. The SMILES string of the molecule is CC(C)C(F)(CN)Cc1ccc(Br)cc1F. The second kappa shape index (κ2) is 5.23. The Kier molecular flexibility index (Phi) is 4.44. The lowest BCUT2D eigenvalue weighted by atomic mass is 9.86. The Morgan fingerprint density at radius 1 is 1.44 bits per heavy atom. The molecule has 0 fully saturated rings. The van der Waals surface area contributed by atoms with Gasteiger partial charge in [-0.15, -0.1) is 0 Å². The van der Waals surface area contributed by atoms with Gasteiger partial charge < -0.3 is 5.73 Å². The van der Waals surface area contributed by atoms with Crippen LogP contribution in [0.25, 0.3) is 0 Å². The van der Waals surface area contributed by atoms with Crippen molar-refractivity contribution < 1.29 is 8.78 Å². The second-order valence-electron chi connectivity index (χ2n) is 4.31. The number of alkyl halides is 1. The van der Waals surface area contributed by atoms with Crippen molar-refractivity contribution in [3.8, 4) is 0 Å². The van der Waals surface area contributed by atoms with Crippen LogP contribution in [0.5, 0.6) is 0 Å². The average Bonchev–Trinajstić information content (AvgIpc) is 2.22. The number of benzene rings is 1. The minimum absolute atomic E-state index is 0.0142. The van der Waals surface area contributed by atoms with E-state index < -0.39 is 11.5 Å². The summed E-state index contributed by atoms with van der Waals surface area (Å²) in [6, 6.07) is 4.63. The maximum atomic E-state index is 14.3. The lowest BCUT2D eigenvalue weighted by molar-refractivity contribution is 0.109. The molecule has 90 valence electrons. The zero-order valence-corrected chi connectivity index (χ0v) is 11.0. The van der Waals surface area contributed by atoms with Gasteiger partial charge in [0.25, 0.3) is 0 Å². The fourth-order valence-corrected chi connectivity index (χ4v) is 1.83. The van der Waals surface area contributed by atoms with Crippen LogP contribution in [-0.2, 0) is 6.42 Å². The smallest absolute Gasteiger partial charge is 0.129 e.